The Morgan fingerprint density at radius 2 is 2.20 bits per heavy atom. The Balaban J connectivity index is 2.42. The Kier molecular flexibility index (Phi) is 4.73. The molecular formula is C14H15BrINO3. The summed E-state index contributed by atoms with van der Waals surface area (Å²) in [6, 6.07) is 5.50. The summed E-state index contributed by atoms with van der Waals surface area (Å²) in [4.78, 5) is 25.9. The molecule has 1 aliphatic rings. The van der Waals surface area contributed by atoms with Crippen LogP contribution in [0.1, 0.15) is 36.5 Å². The predicted octanol–water partition coefficient (Wildman–Crippen LogP) is 3.52. The number of carboxylic acid groups (broad SMARTS) is 1. The van der Waals surface area contributed by atoms with E-state index < -0.39 is 11.5 Å². The van der Waals surface area contributed by atoms with E-state index in [-0.39, 0.29) is 5.91 Å². The van der Waals surface area contributed by atoms with Crippen LogP contribution in [0.25, 0.3) is 0 Å². The second-order valence-corrected chi connectivity index (χ2v) is 6.97. The van der Waals surface area contributed by atoms with E-state index >= 15 is 0 Å². The van der Waals surface area contributed by atoms with Gasteiger partial charge in [0.2, 0.25) is 0 Å². The second-order valence-electron chi connectivity index (χ2n) is 4.87. The van der Waals surface area contributed by atoms with Gasteiger partial charge in [-0.15, -0.1) is 0 Å². The van der Waals surface area contributed by atoms with Gasteiger partial charge in [-0.1, -0.05) is 6.92 Å². The predicted molar refractivity (Wildman–Crippen MR) is 87.8 cm³/mol. The molecule has 0 saturated carbocycles. The minimum absolute atomic E-state index is 0.211. The van der Waals surface area contributed by atoms with Crippen LogP contribution in [0.2, 0.25) is 0 Å². The highest BCUT2D eigenvalue weighted by molar-refractivity contribution is 14.1. The third-order valence-electron chi connectivity index (χ3n) is 3.88. The Hall–Kier alpha value is -0.630. The molecule has 0 aromatic heterocycles. The number of carbonyl (C=O) groups is 2. The number of amides is 1. The molecule has 0 radical (unpaired) electrons. The average molecular weight is 452 g/mol. The standard InChI is InChI=1S/C14H15BrINO3/c1-2-14(13(19)20)6-3-7-17(14)12(18)10-8-9(16)4-5-11(10)15/h4-5,8H,2-3,6-7H2,1H3,(H,19,20). The van der Waals surface area contributed by atoms with Crippen LogP contribution in [0.4, 0.5) is 0 Å². The largest absolute Gasteiger partial charge is 0.479 e. The summed E-state index contributed by atoms with van der Waals surface area (Å²) in [5.74, 6) is -1.12. The molecule has 1 saturated heterocycles. The first-order valence-corrected chi connectivity index (χ1v) is 8.30. The van der Waals surface area contributed by atoms with Gasteiger partial charge in [0, 0.05) is 14.6 Å². The molecule has 6 heteroatoms. The minimum Gasteiger partial charge on any atom is -0.479 e. The number of hydrogen-bond acceptors (Lipinski definition) is 2. The summed E-state index contributed by atoms with van der Waals surface area (Å²) in [6.45, 7) is 2.32. The lowest BCUT2D eigenvalue weighted by Crippen LogP contribution is -2.52. The lowest BCUT2D eigenvalue weighted by molar-refractivity contribution is -0.148. The zero-order chi connectivity index (χ0) is 14.9. The second kappa shape index (κ2) is 6.01. The zero-order valence-electron chi connectivity index (χ0n) is 11.0. The molecule has 1 unspecified atom stereocenters. The number of carboxylic acids is 1. The summed E-state index contributed by atoms with van der Waals surface area (Å²) >= 11 is 5.52. The molecule has 20 heavy (non-hydrogen) atoms. The first-order chi connectivity index (χ1) is 9.42. The smallest absolute Gasteiger partial charge is 0.329 e. The first-order valence-electron chi connectivity index (χ1n) is 6.43. The number of nitrogens with zero attached hydrogens (tertiary/aromatic N) is 1. The SMILES string of the molecule is CCC1(C(=O)O)CCCN1C(=O)c1cc(I)ccc1Br. The van der Waals surface area contributed by atoms with Crippen molar-refractivity contribution in [3.63, 3.8) is 0 Å². The van der Waals surface area contributed by atoms with Gasteiger partial charge < -0.3 is 10.0 Å². The van der Waals surface area contributed by atoms with E-state index in [2.05, 4.69) is 38.5 Å². The van der Waals surface area contributed by atoms with Gasteiger partial charge in [-0.2, -0.15) is 0 Å². The Morgan fingerprint density at radius 1 is 1.50 bits per heavy atom. The summed E-state index contributed by atoms with van der Waals surface area (Å²) < 4.78 is 1.65. The molecule has 1 atom stereocenters. The summed E-state index contributed by atoms with van der Waals surface area (Å²) in [7, 11) is 0. The van der Waals surface area contributed by atoms with Crippen molar-refractivity contribution in [2.24, 2.45) is 0 Å². The van der Waals surface area contributed by atoms with Gasteiger partial charge in [0.15, 0.2) is 0 Å². The van der Waals surface area contributed by atoms with Crippen molar-refractivity contribution in [3.05, 3.63) is 31.8 Å². The fraction of sp³-hybridized carbons (Fsp3) is 0.429. The highest BCUT2D eigenvalue weighted by Gasteiger charge is 2.48. The van der Waals surface area contributed by atoms with Crippen LogP contribution in [0.5, 0.6) is 0 Å². The van der Waals surface area contributed by atoms with Crippen molar-refractivity contribution in [3.8, 4) is 0 Å². The van der Waals surface area contributed by atoms with Crippen LogP contribution in [0, 0.1) is 3.57 Å². The van der Waals surface area contributed by atoms with Gasteiger partial charge >= 0.3 is 5.97 Å². The van der Waals surface area contributed by atoms with Crippen molar-refractivity contribution in [1.82, 2.24) is 4.90 Å². The molecule has 1 N–H and O–H groups in total. The van der Waals surface area contributed by atoms with Gasteiger partial charge in [0.05, 0.1) is 5.56 Å². The van der Waals surface area contributed by atoms with Crippen molar-refractivity contribution in [2.45, 2.75) is 31.7 Å². The van der Waals surface area contributed by atoms with Crippen molar-refractivity contribution >= 4 is 50.4 Å². The van der Waals surface area contributed by atoms with E-state index in [1.807, 2.05) is 19.1 Å². The topological polar surface area (TPSA) is 57.6 Å². The normalized spacial score (nSPS) is 22.1. The number of aliphatic carboxylic acids is 1. The highest BCUT2D eigenvalue weighted by atomic mass is 127. The third kappa shape index (κ3) is 2.59. The van der Waals surface area contributed by atoms with Crippen LogP contribution in [0.15, 0.2) is 22.7 Å². The number of benzene rings is 1. The van der Waals surface area contributed by atoms with Crippen molar-refractivity contribution in [2.75, 3.05) is 6.54 Å². The van der Waals surface area contributed by atoms with Crippen LogP contribution in [-0.4, -0.2) is 34.0 Å². The maximum Gasteiger partial charge on any atom is 0.329 e. The van der Waals surface area contributed by atoms with E-state index in [0.29, 0.717) is 29.4 Å². The Morgan fingerprint density at radius 3 is 2.80 bits per heavy atom. The summed E-state index contributed by atoms with van der Waals surface area (Å²) in [5, 5.41) is 9.55. The molecule has 1 aromatic rings. The molecule has 1 aliphatic heterocycles. The van der Waals surface area contributed by atoms with E-state index in [4.69, 9.17) is 0 Å². The number of halogens is 2. The first kappa shape index (κ1) is 15.8. The number of carbonyl (C=O) groups excluding carboxylic acids is 1. The molecule has 2 rings (SSSR count). The fourth-order valence-electron chi connectivity index (χ4n) is 2.72. The number of hydrogen-bond donors (Lipinski definition) is 1. The lowest BCUT2D eigenvalue weighted by atomic mass is 9.92. The lowest BCUT2D eigenvalue weighted by Gasteiger charge is -2.34. The van der Waals surface area contributed by atoms with E-state index in [1.165, 1.54) is 4.90 Å². The van der Waals surface area contributed by atoms with Crippen molar-refractivity contribution < 1.29 is 14.7 Å². The monoisotopic (exact) mass is 451 g/mol. The van der Waals surface area contributed by atoms with Gasteiger partial charge in [0.1, 0.15) is 5.54 Å². The number of rotatable bonds is 3. The zero-order valence-corrected chi connectivity index (χ0v) is 14.8. The van der Waals surface area contributed by atoms with E-state index in [9.17, 15) is 14.7 Å². The van der Waals surface area contributed by atoms with Crippen molar-refractivity contribution in [1.29, 1.82) is 0 Å². The molecular weight excluding hydrogens is 437 g/mol. The van der Waals surface area contributed by atoms with E-state index in [0.717, 1.165) is 9.99 Å². The van der Waals surface area contributed by atoms with Crippen LogP contribution >= 0.6 is 38.5 Å². The highest BCUT2D eigenvalue weighted by Crippen LogP contribution is 2.35. The van der Waals surface area contributed by atoms with Gasteiger partial charge in [0.25, 0.3) is 5.91 Å². The maximum absolute atomic E-state index is 12.7. The van der Waals surface area contributed by atoms with Crippen LogP contribution in [-0.2, 0) is 4.79 Å². The average Bonchev–Trinajstić information content (AvgIpc) is 2.85. The molecule has 1 fully saturated rings. The molecule has 1 aromatic carbocycles. The van der Waals surface area contributed by atoms with Crippen LogP contribution in [0.3, 0.4) is 0 Å². The quantitative estimate of drug-likeness (QED) is 0.715. The Bertz CT molecular complexity index is 563. The molecule has 0 spiro atoms. The summed E-state index contributed by atoms with van der Waals surface area (Å²) in [6.07, 6.45) is 1.68. The molecule has 4 nitrogen and oxygen atoms in total. The van der Waals surface area contributed by atoms with Gasteiger partial charge in [-0.25, -0.2) is 4.79 Å². The minimum atomic E-state index is -1.06. The molecule has 1 amide bonds. The molecule has 1 heterocycles. The van der Waals surface area contributed by atoms with E-state index in [1.54, 1.807) is 6.07 Å². The number of likely N-dealkylation sites (tertiary alicyclic amines) is 1. The van der Waals surface area contributed by atoms with Gasteiger partial charge in [-0.3, -0.25) is 4.79 Å². The Labute approximate surface area is 139 Å². The maximum atomic E-state index is 12.7. The van der Waals surface area contributed by atoms with Gasteiger partial charge in [-0.05, 0) is 76.0 Å². The third-order valence-corrected chi connectivity index (χ3v) is 5.24. The van der Waals surface area contributed by atoms with Crippen LogP contribution < -0.4 is 0 Å². The fourth-order valence-corrected chi connectivity index (χ4v) is 3.63. The molecule has 0 bridgehead atoms. The molecule has 108 valence electrons. The molecule has 0 aliphatic carbocycles. The summed E-state index contributed by atoms with van der Waals surface area (Å²) in [5.41, 5.74) is -0.532.